The number of hydrogen-bond acceptors (Lipinski definition) is 3. The highest BCUT2D eigenvalue weighted by molar-refractivity contribution is 8.00. The maximum atomic E-state index is 6.30. The molecule has 0 saturated carbocycles. The fourth-order valence-corrected chi connectivity index (χ4v) is 3.07. The van der Waals surface area contributed by atoms with Gasteiger partial charge in [-0.05, 0) is 30.2 Å². The predicted molar refractivity (Wildman–Crippen MR) is 78.5 cm³/mol. The van der Waals surface area contributed by atoms with Crippen LogP contribution in [0.25, 0.3) is 0 Å². The van der Waals surface area contributed by atoms with E-state index in [1.807, 2.05) is 11.8 Å². The van der Waals surface area contributed by atoms with Gasteiger partial charge in [-0.2, -0.15) is 0 Å². The van der Waals surface area contributed by atoms with Crippen LogP contribution in [-0.2, 0) is 11.3 Å². The normalized spacial score (nSPS) is 16.0. The molecule has 4 heteroatoms. The van der Waals surface area contributed by atoms with E-state index in [1.165, 1.54) is 10.5 Å². The van der Waals surface area contributed by atoms with E-state index in [0.717, 1.165) is 31.3 Å². The van der Waals surface area contributed by atoms with E-state index in [1.54, 1.807) is 0 Å². The zero-order chi connectivity index (χ0) is 13.0. The Morgan fingerprint density at radius 1 is 1.44 bits per heavy atom. The van der Waals surface area contributed by atoms with Gasteiger partial charge < -0.3 is 10.1 Å². The van der Waals surface area contributed by atoms with Gasteiger partial charge in [-0.25, -0.2) is 0 Å². The monoisotopic (exact) mass is 285 g/mol. The summed E-state index contributed by atoms with van der Waals surface area (Å²) in [7, 11) is 0. The largest absolute Gasteiger partial charge is 0.379 e. The van der Waals surface area contributed by atoms with Crippen molar-refractivity contribution in [3.05, 3.63) is 28.8 Å². The first-order valence-electron chi connectivity index (χ1n) is 6.38. The molecule has 0 spiro atoms. The zero-order valence-corrected chi connectivity index (χ0v) is 12.5. The van der Waals surface area contributed by atoms with Crippen molar-refractivity contribution in [2.75, 3.05) is 19.8 Å². The second kappa shape index (κ2) is 6.80. The lowest BCUT2D eigenvalue weighted by atomic mass is 10.2. The molecule has 1 aromatic carbocycles. The molecule has 0 aliphatic carbocycles. The van der Waals surface area contributed by atoms with Crippen LogP contribution >= 0.6 is 23.4 Å². The van der Waals surface area contributed by atoms with E-state index in [9.17, 15) is 0 Å². The van der Waals surface area contributed by atoms with Crippen molar-refractivity contribution in [1.29, 1.82) is 0 Å². The summed E-state index contributed by atoms with van der Waals surface area (Å²) in [5, 5.41) is 4.87. The van der Waals surface area contributed by atoms with Crippen molar-refractivity contribution < 1.29 is 4.74 Å². The number of ether oxygens (including phenoxy) is 1. The highest BCUT2D eigenvalue weighted by Gasteiger charge is 2.19. The molecule has 18 heavy (non-hydrogen) atoms. The fraction of sp³-hybridized carbons (Fsp3) is 0.571. The molecule has 0 bridgehead atoms. The minimum atomic E-state index is 0.603. The van der Waals surface area contributed by atoms with Gasteiger partial charge in [-0.1, -0.05) is 31.5 Å². The second-order valence-electron chi connectivity index (χ2n) is 5.06. The fourth-order valence-electron chi connectivity index (χ4n) is 1.71. The molecule has 0 unspecified atom stereocenters. The van der Waals surface area contributed by atoms with E-state index in [2.05, 4.69) is 37.4 Å². The van der Waals surface area contributed by atoms with E-state index < -0.39 is 0 Å². The molecule has 1 heterocycles. The van der Waals surface area contributed by atoms with Gasteiger partial charge in [0.1, 0.15) is 0 Å². The number of benzene rings is 1. The Balaban J connectivity index is 1.87. The van der Waals surface area contributed by atoms with Crippen molar-refractivity contribution in [2.24, 2.45) is 5.92 Å². The van der Waals surface area contributed by atoms with Crippen molar-refractivity contribution >= 4 is 23.4 Å². The zero-order valence-electron chi connectivity index (χ0n) is 10.9. The molecule has 0 aromatic heterocycles. The van der Waals surface area contributed by atoms with Crippen molar-refractivity contribution in [2.45, 2.75) is 30.5 Å². The summed E-state index contributed by atoms with van der Waals surface area (Å²) >= 11 is 8.16. The Morgan fingerprint density at radius 2 is 2.22 bits per heavy atom. The van der Waals surface area contributed by atoms with Crippen LogP contribution in [0.4, 0.5) is 0 Å². The summed E-state index contributed by atoms with van der Waals surface area (Å²) in [6, 6.07) is 6.34. The maximum Gasteiger partial charge on any atom is 0.0611 e. The highest BCUT2D eigenvalue weighted by Crippen LogP contribution is 2.30. The molecule has 0 atom stereocenters. The predicted octanol–water partition coefficient (Wildman–Crippen LogP) is 3.58. The summed E-state index contributed by atoms with van der Waals surface area (Å²) in [6.07, 6.45) is 0. The lowest BCUT2D eigenvalue weighted by Gasteiger charge is -2.25. The van der Waals surface area contributed by atoms with Gasteiger partial charge in [0, 0.05) is 16.5 Å². The van der Waals surface area contributed by atoms with Crippen molar-refractivity contribution in [3.63, 3.8) is 0 Å². The molecule has 1 aromatic rings. The number of nitrogens with one attached hydrogen (secondary N) is 1. The summed E-state index contributed by atoms with van der Waals surface area (Å²) in [4.78, 5) is 1.24. The maximum absolute atomic E-state index is 6.30. The first kappa shape index (κ1) is 14.2. The first-order chi connectivity index (χ1) is 8.65. The highest BCUT2D eigenvalue weighted by atomic mass is 35.5. The lowest BCUT2D eigenvalue weighted by Crippen LogP contribution is -2.30. The Bertz CT molecular complexity index is 393. The standard InChI is InChI=1S/C14H20ClNOS/c1-10(2)6-16-7-11-3-4-12(5-14(11)15)18-13-8-17-9-13/h3-5,10,13,16H,6-9H2,1-2H3. The van der Waals surface area contributed by atoms with Gasteiger partial charge in [0.2, 0.25) is 0 Å². The van der Waals surface area contributed by atoms with Crippen LogP contribution in [0, 0.1) is 5.92 Å². The number of halogens is 1. The topological polar surface area (TPSA) is 21.3 Å². The molecule has 1 aliphatic rings. The third kappa shape index (κ3) is 4.16. The van der Waals surface area contributed by atoms with Gasteiger partial charge in [0.15, 0.2) is 0 Å². The molecule has 1 N–H and O–H groups in total. The molecular formula is C14H20ClNOS. The summed E-state index contributed by atoms with van der Waals surface area (Å²) < 4.78 is 5.17. The Hall–Kier alpha value is -0.220. The average molecular weight is 286 g/mol. The van der Waals surface area contributed by atoms with E-state index >= 15 is 0 Å². The van der Waals surface area contributed by atoms with Crippen molar-refractivity contribution in [3.8, 4) is 0 Å². The van der Waals surface area contributed by atoms with Crippen LogP contribution < -0.4 is 5.32 Å². The number of rotatable bonds is 6. The molecule has 1 fully saturated rings. The van der Waals surface area contributed by atoms with Crippen LogP contribution in [0.5, 0.6) is 0 Å². The molecule has 0 amide bonds. The Morgan fingerprint density at radius 3 is 2.78 bits per heavy atom. The van der Waals surface area contributed by atoms with E-state index in [0.29, 0.717) is 11.2 Å². The van der Waals surface area contributed by atoms with Gasteiger partial charge in [0.05, 0.1) is 18.5 Å². The van der Waals surface area contributed by atoms with Crippen LogP contribution in [-0.4, -0.2) is 25.0 Å². The Labute approximate surface area is 118 Å². The number of hydrogen-bond donors (Lipinski definition) is 1. The van der Waals surface area contributed by atoms with Gasteiger partial charge in [-0.15, -0.1) is 11.8 Å². The molecule has 0 radical (unpaired) electrons. The van der Waals surface area contributed by atoms with Crippen LogP contribution in [0.15, 0.2) is 23.1 Å². The van der Waals surface area contributed by atoms with E-state index in [-0.39, 0.29) is 0 Å². The Kier molecular flexibility index (Phi) is 5.37. The first-order valence-corrected chi connectivity index (χ1v) is 7.64. The third-order valence-corrected chi connectivity index (χ3v) is 4.29. The quantitative estimate of drug-likeness (QED) is 0.863. The molecule has 2 nitrogen and oxygen atoms in total. The van der Waals surface area contributed by atoms with Gasteiger partial charge in [0.25, 0.3) is 0 Å². The molecule has 2 rings (SSSR count). The molecule has 1 saturated heterocycles. The van der Waals surface area contributed by atoms with Crippen molar-refractivity contribution in [1.82, 2.24) is 5.32 Å². The average Bonchev–Trinajstić information content (AvgIpc) is 2.26. The van der Waals surface area contributed by atoms with Gasteiger partial charge >= 0.3 is 0 Å². The molecule has 1 aliphatic heterocycles. The minimum absolute atomic E-state index is 0.603. The van der Waals surface area contributed by atoms with E-state index in [4.69, 9.17) is 16.3 Å². The minimum Gasteiger partial charge on any atom is -0.379 e. The van der Waals surface area contributed by atoms with Crippen LogP contribution in [0.2, 0.25) is 5.02 Å². The summed E-state index contributed by atoms with van der Waals surface area (Å²) in [5.41, 5.74) is 1.17. The number of thioether (sulfide) groups is 1. The summed E-state index contributed by atoms with van der Waals surface area (Å²) in [6.45, 7) is 7.99. The SMILES string of the molecule is CC(C)CNCc1ccc(SC2COC2)cc1Cl. The molecule has 100 valence electrons. The smallest absolute Gasteiger partial charge is 0.0611 e. The summed E-state index contributed by atoms with van der Waals surface area (Å²) in [5.74, 6) is 0.664. The van der Waals surface area contributed by atoms with Gasteiger partial charge in [-0.3, -0.25) is 0 Å². The second-order valence-corrected chi connectivity index (χ2v) is 6.84. The van der Waals surface area contributed by atoms with Crippen LogP contribution in [0.3, 0.4) is 0 Å². The molecular weight excluding hydrogens is 266 g/mol. The van der Waals surface area contributed by atoms with Crippen LogP contribution in [0.1, 0.15) is 19.4 Å². The third-order valence-electron chi connectivity index (χ3n) is 2.80. The lowest BCUT2D eigenvalue weighted by molar-refractivity contribution is 0.0455.